The number of imidazole rings is 1. The number of carboxylic acids is 1. The zero-order valence-electron chi connectivity index (χ0n) is 11.5. The number of furan rings is 1. The molecule has 0 aliphatic rings. The first-order chi connectivity index (χ1) is 10.3. The van der Waals surface area contributed by atoms with Crippen LogP contribution >= 0.6 is 11.6 Å². The van der Waals surface area contributed by atoms with Gasteiger partial charge in [-0.2, -0.15) is 13.2 Å². The van der Waals surface area contributed by atoms with Gasteiger partial charge < -0.3 is 14.3 Å². The van der Waals surface area contributed by atoms with E-state index in [1.807, 2.05) is 0 Å². The quantitative estimate of drug-likeness (QED) is 0.579. The van der Waals surface area contributed by atoms with E-state index in [2.05, 4.69) is 4.98 Å². The van der Waals surface area contributed by atoms with Crippen LogP contribution in [0.15, 0.2) is 35.3 Å². The Morgan fingerprint density at radius 2 is 2.04 bits per heavy atom. The van der Waals surface area contributed by atoms with Gasteiger partial charge in [-0.1, -0.05) is 11.6 Å². The maximum Gasteiger partial charge on any atom is 1.00 e. The van der Waals surface area contributed by atoms with Gasteiger partial charge in [-0.15, -0.1) is 0 Å². The Morgan fingerprint density at radius 3 is 2.57 bits per heavy atom. The van der Waals surface area contributed by atoms with E-state index in [0.717, 1.165) is 10.5 Å². The summed E-state index contributed by atoms with van der Waals surface area (Å²) >= 11 is 5.80. The predicted octanol–water partition coefficient (Wildman–Crippen LogP) is -0.366. The van der Waals surface area contributed by atoms with Crippen molar-refractivity contribution in [3.63, 3.8) is 0 Å². The molecule has 0 saturated carbocycles. The number of rotatable bonds is 2. The van der Waals surface area contributed by atoms with E-state index in [1.165, 1.54) is 24.8 Å². The Hall–Kier alpha value is -0.844. The van der Waals surface area contributed by atoms with Gasteiger partial charge in [0.25, 0.3) is 0 Å². The number of alkyl halides is 3. The minimum atomic E-state index is -4.74. The molecule has 3 rings (SSSR count). The molecule has 0 atom stereocenters. The van der Waals surface area contributed by atoms with Crippen molar-refractivity contribution in [3.05, 3.63) is 47.3 Å². The number of carbonyl (C=O) groups is 1. The number of carboxylic acid groups (broad SMARTS) is 1. The van der Waals surface area contributed by atoms with Crippen LogP contribution in [-0.4, -0.2) is 15.4 Å². The summed E-state index contributed by atoms with van der Waals surface area (Å²) in [6.45, 7) is 0. The smallest absolute Gasteiger partial charge is 0.543 e. The zero-order valence-corrected chi connectivity index (χ0v) is 15.4. The molecule has 0 radical (unpaired) electrons. The molecule has 0 unspecified atom stereocenters. The maximum atomic E-state index is 13.2. The molecule has 3 aromatic rings. The van der Waals surface area contributed by atoms with Crippen molar-refractivity contribution in [1.82, 2.24) is 9.38 Å². The molecule has 114 valence electrons. The number of fused-ring (bicyclic) bond motifs is 1. The van der Waals surface area contributed by atoms with Crippen molar-refractivity contribution in [2.75, 3.05) is 0 Å². The SMILES string of the molecule is O=C([O-])c1nc2c(C(F)(F)F)cc(-c3ccoc3)cn2c1Cl.[K+]. The number of pyridine rings is 1. The molecule has 0 fully saturated rings. The molecule has 0 aromatic carbocycles. The van der Waals surface area contributed by atoms with Crippen molar-refractivity contribution >= 4 is 23.2 Å². The summed E-state index contributed by atoms with van der Waals surface area (Å²) in [4.78, 5) is 14.3. The third-order valence-corrected chi connectivity index (χ3v) is 3.38. The Morgan fingerprint density at radius 1 is 1.35 bits per heavy atom. The zero-order chi connectivity index (χ0) is 16.1. The van der Waals surface area contributed by atoms with E-state index in [0.29, 0.717) is 5.56 Å². The number of aromatic carboxylic acids is 1. The summed E-state index contributed by atoms with van der Waals surface area (Å²) < 4.78 is 45.3. The van der Waals surface area contributed by atoms with Gasteiger partial charge in [0.15, 0.2) is 5.65 Å². The Bertz CT molecular complexity index is 875. The second-order valence-corrected chi connectivity index (χ2v) is 4.74. The second kappa shape index (κ2) is 6.58. The molecule has 0 saturated heterocycles. The van der Waals surface area contributed by atoms with Gasteiger partial charge in [0, 0.05) is 17.3 Å². The molecule has 10 heteroatoms. The van der Waals surface area contributed by atoms with Crippen LogP contribution in [0.2, 0.25) is 5.15 Å². The molecule has 5 nitrogen and oxygen atoms in total. The molecule has 0 aliphatic heterocycles. The monoisotopic (exact) mass is 368 g/mol. The maximum absolute atomic E-state index is 13.2. The summed E-state index contributed by atoms with van der Waals surface area (Å²) in [7, 11) is 0. The minimum Gasteiger partial charge on any atom is -0.543 e. The molecule has 23 heavy (non-hydrogen) atoms. The molecule has 3 heterocycles. The number of hydrogen-bond acceptors (Lipinski definition) is 4. The average Bonchev–Trinajstić information content (AvgIpc) is 3.05. The van der Waals surface area contributed by atoms with E-state index >= 15 is 0 Å². The topological polar surface area (TPSA) is 70.6 Å². The van der Waals surface area contributed by atoms with Gasteiger partial charge >= 0.3 is 57.6 Å². The van der Waals surface area contributed by atoms with Crippen LogP contribution in [0, 0.1) is 0 Å². The van der Waals surface area contributed by atoms with Crippen LogP contribution in [0.1, 0.15) is 16.1 Å². The van der Waals surface area contributed by atoms with E-state index in [9.17, 15) is 23.1 Å². The van der Waals surface area contributed by atoms with Gasteiger partial charge in [-0.25, -0.2) is 4.98 Å². The Balaban J connectivity index is 0.00000192. The van der Waals surface area contributed by atoms with Crippen LogP contribution in [-0.2, 0) is 6.18 Å². The molecule has 0 aliphatic carbocycles. The summed E-state index contributed by atoms with van der Waals surface area (Å²) in [6, 6.07) is 2.31. The van der Waals surface area contributed by atoms with Crippen molar-refractivity contribution in [2.45, 2.75) is 6.18 Å². The number of aromatic nitrogens is 2. The third-order valence-electron chi connectivity index (χ3n) is 3.01. The van der Waals surface area contributed by atoms with Gasteiger partial charge in [0.2, 0.25) is 0 Å². The van der Waals surface area contributed by atoms with Crippen LogP contribution in [0.4, 0.5) is 13.2 Å². The number of halogens is 4. The van der Waals surface area contributed by atoms with Crippen LogP contribution in [0.25, 0.3) is 16.8 Å². The fourth-order valence-electron chi connectivity index (χ4n) is 2.04. The molecule has 0 N–H and O–H groups in total. The minimum absolute atomic E-state index is 0. The normalized spacial score (nSPS) is 11.5. The third kappa shape index (κ3) is 3.35. The van der Waals surface area contributed by atoms with Crippen LogP contribution in [0.3, 0.4) is 0 Å². The standard InChI is InChI=1S/C13H6ClF3N2O3.K/c14-10-9(12(20)21)18-11-8(13(15,16)17)3-7(4-19(10)11)6-1-2-22-5-6;/h1-5H,(H,20,21);/q;+1/p-1. The van der Waals surface area contributed by atoms with E-state index in [-0.39, 0.29) is 56.9 Å². The summed E-state index contributed by atoms with van der Waals surface area (Å²) in [5.41, 5.74) is -1.94. The first-order valence-electron chi connectivity index (χ1n) is 5.81. The van der Waals surface area contributed by atoms with Crippen LogP contribution in [0.5, 0.6) is 0 Å². The van der Waals surface area contributed by atoms with Gasteiger partial charge in [-0.05, 0) is 12.1 Å². The van der Waals surface area contributed by atoms with Gasteiger partial charge in [0.1, 0.15) is 10.8 Å². The molecule has 0 amide bonds. The predicted molar refractivity (Wildman–Crippen MR) is 67.2 cm³/mol. The van der Waals surface area contributed by atoms with Crippen LogP contribution < -0.4 is 56.5 Å². The van der Waals surface area contributed by atoms with Crippen molar-refractivity contribution < 1.29 is 78.9 Å². The molecular weight excluding hydrogens is 364 g/mol. The molecule has 3 aromatic heterocycles. The Kier molecular flexibility index (Phi) is 5.29. The van der Waals surface area contributed by atoms with Crippen molar-refractivity contribution in [2.24, 2.45) is 0 Å². The number of nitrogens with zero attached hydrogens (tertiary/aromatic N) is 2. The molecule has 0 bridgehead atoms. The Labute approximate surface area is 174 Å². The first kappa shape index (κ1) is 18.5. The van der Waals surface area contributed by atoms with E-state index in [4.69, 9.17) is 16.0 Å². The largest absolute Gasteiger partial charge is 1.00 e. The van der Waals surface area contributed by atoms with E-state index < -0.39 is 34.2 Å². The molecule has 0 spiro atoms. The fraction of sp³-hybridized carbons (Fsp3) is 0.0769. The van der Waals surface area contributed by atoms with Gasteiger partial charge in [-0.3, -0.25) is 4.40 Å². The summed E-state index contributed by atoms with van der Waals surface area (Å²) in [5, 5.41) is 10.4. The second-order valence-electron chi connectivity index (χ2n) is 4.38. The summed E-state index contributed by atoms with van der Waals surface area (Å²) in [6.07, 6.45) is -0.934. The average molecular weight is 369 g/mol. The van der Waals surface area contributed by atoms with Crippen molar-refractivity contribution in [3.8, 4) is 11.1 Å². The fourth-order valence-corrected chi connectivity index (χ4v) is 2.29. The van der Waals surface area contributed by atoms with Gasteiger partial charge in [0.05, 0.1) is 24.1 Å². The number of hydrogen-bond donors (Lipinski definition) is 0. The first-order valence-corrected chi connectivity index (χ1v) is 6.19. The number of carbonyl (C=O) groups excluding carboxylic acids is 1. The molecular formula is C13H5ClF3KN2O3. The van der Waals surface area contributed by atoms with E-state index in [1.54, 1.807) is 0 Å². The summed E-state index contributed by atoms with van der Waals surface area (Å²) in [5.74, 6) is -1.76. The van der Waals surface area contributed by atoms with Crippen molar-refractivity contribution in [1.29, 1.82) is 0 Å².